The van der Waals surface area contributed by atoms with Crippen molar-refractivity contribution in [3.8, 4) is 0 Å². The van der Waals surface area contributed by atoms with Crippen LogP contribution >= 0.6 is 0 Å². The van der Waals surface area contributed by atoms with Gasteiger partial charge in [-0.2, -0.15) is 0 Å². The van der Waals surface area contributed by atoms with E-state index in [4.69, 9.17) is 0 Å². The van der Waals surface area contributed by atoms with Crippen molar-refractivity contribution in [1.29, 1.82) is 0 Å². The molecule has 0 saturated heterocycles. The van der Waals surface area contributed by atoms with Crippen LogP contribution in [0.5, 0.6) is 0 Å². The van der Waals surface area contributed by atoms with Crippen molar-refractivity contribution in [2.75, 3.05) is 0 Å². The van der Waals surface area contributed by atoms with E-state index in [2.05, 4.69) is 9.97 Å². The molecule has 7 aromatic rings. The van der Waals surface area contributed by atoms with E-state index in [0.29, 0.717) is 32.6 Å². The fraction of sp³-hybridized carbons (Fsp3) is 0. The van der Waals surface area contributed by atoms with Crippen LogP contribution in [0.25, 0.3) is 65.2 Å². The smallest absolute Gasteiger partial charge is 0.197 e. The van der Waals surface area contributed by atoms with Gasteiger partial charge in [-0.15, -0.1) is 0 Å². The first-order chi connectivity index (χ1) is 15.7. The predicted octanol–water partition coefficient (Wildman–Crippen LogP) is 5.98. The summed E-state index contributed by atoms with van der Waals surface area (Å²) in [5, 5.41) is 6.52. The average molecular weight is 412 g/mol. The normalized spacial score (nSPS) is 12.0. The van der Waals surface area contributed by atoms with E-state index in [1.807, 2.05) is 72.8 Å². The van der Waals surface area contributed by atoms with Crippen molar-refractivity contribution in [2.24, 2.45) is 0 Å². The van der Waals surface area contributed by atoms with Crippen LogP contribution in [0.2, 0.25) is 0 Å². The summed E-state index contributed by atoms with van der Waals surface area (Å²) in [7, 11) is 0. The Labute approximate surface area is 180 Å². The number of hydrogen-bond acceptors (Lipinski definition) is 2. The van der Waals surface area contributed by atoms with Gasteiger partial charge in [-0.1, -0.05) is 60.7 Å². The van der Waals surface area contributed by atoms with Crippen molar-refractivity contribution in [3.05, 3.63) is 105 Å². The van der Waals surface area contributed by atoms with Gasteiger partial charge in [-0.05, 0) is 35.0 Å². The standard InChI is InChI=1S/C28H16N2O2/c31-27-19-11-9-15-5-1-3-7-17(15)25(19)29-23-13-22-24(14-21(23)27)30-26-18-8-4-2-6-16(18)10-12-20(26)28(22)32/h1-14H,(H,29,31)(H,30,32). The summed E-state index contributed by atoms with van der Waals surface area (Å²) in [4.78, 5) is 33.7. The number of pyridine rings is 2. The topological polar surface area (TPSA) is 65.7 Å². The second-order valence-electron chi connectivity index (χ2n) is 8.27. The highest BCUT2D eigenvalue weighted by atomic mass is 16.1. The third-order valence-electron chi connectivity index (χ3n) is 6.51. The zero-order valence-electron chi connectivity index (χ0n) is 16.9. The van der Waals surface area contributed by atoms with Gasteiger partial charge >= 0.3 is 0 Å². The fourth-order valence-corrected chi connectivity index (χ4v) is 4.93. The summed E-state index contributed by atoms with van der Waals surface area (Å²) in [6, 6.07) is 27.3. The van der Waals surface area contributed by atoms with Gasteiger partial charge in [-0.3, -0.25) is 9.59 Å². The molecular weight excluding hydrogens is 396 g/mol. The maximum absolute atomic E-state index is 13.4. The number of benzene rings is 5. The quantitative estimate of drug-likeness (QED) is 0.238. The lowest BCUT2D eigenvalue weighted by atomic mass is 10.0. The van der Waals surface area contributed by atoms with Crippen LogP contribution in [-0.4, -0.2) is 9.97 Å². The van der Waals surface area contributed by atoms with Gasteiger partial charge < -0.3 is 9.97 Å². The molecule has 0 unspecified atom stereocenters. The first kappa shape index (κ1) is 17.3. The molecule has 0 amide bonds. The van der Waals surface area contributed by atoms with Gasteiger partial charge in [0, 0.05) is 32.3 Å². The van der Waals surface area contributed by atoms with Crippen LogP contribution in [0.15, 0.2) is 94.5 Å². The van der Waals surface area contributed by atoms with E-state index in [9.17, 15) is 9.59 Å². The first-order valence-electron chi connectivity index (χ1n) is 10.5. The Kier molecular flexibility index (Phi) is 3.26. The van der Waals surface area contributed by atoms with Gasteiger partial charge in [-0.25, -0.2) is 0 Å². The number of H-pyrrole nitrogens is 2. The maximum Gasteiger partial charge on any atom is 0.197 e. The van der Waals surface area contributed by atoms with Crippen LogP contribution in [0, 0.1) is 0 Å². The molecule has 2 aromatic heterocycles. The molecule has 2 N–H and O–H groups in total. The van der Waals surface area contributed by atoms with E-state index in [-0.39, 0.29) is 10.9 Å². The van der Waals surface area contributed by atoms with Crippen molar-refractivity contribution in [3.63, 3.8) is 0 Å². The second kappa shape index (κ2) is 6.05. The number of hydrogen-bond donors (Lipinski definition) is 2. The molecule has 0 radical (unpaired) electrons. The SMILES string of the molecule is O=c1c2cc3[nH]c4c(ccc5ccccc54)c(=O)c3cc2[nH]c2c1ccc1ccccc12. The molecule has 0 fully saturated rings. The molecule has 0 atom stereocenters. The minimum atomic E-state index is -0.0414. The van der Waals surface area contributed by atoms with Crippen LogP contribution in [0.1, 0.15) is 0 Å². The number of aromatic amines is 2. The van der Waals surface area contributed by atoms with E-state index < -0.39 is 0 Å². The maximum atomic E-state index is 13.4. The summed E-state index contributed by atoms with van der Waals surface area (Å²) >= 11 is 0. The molecule has 0 spiro atoms. The summed E-state index contributed by atoms with van der Waals surface area (Å²) in [5.41, 5.74) is 2.83. The van der Waals surface area contributed by atoms with Crippen molar-refractivity contribution < 1.29 is 0 Å². The van der Waals surface area contributed by atoms with Crippen molar-refractivity contribution >= 4 is 65.2 Å². The lowest BCUT2D eigenvalue weighted by Gasteiger charge is -2.09. The molecule has 0 saturated carbocycles. The Morgan fingerprint density at radius 3 is 1.34 bits per heavy atom. The molecule has 150 valence electrons. The van der Waals surface area contributed by atoms with E-state index in [1.54, 1.807) is 12.1 Å². The van der Waals surface area contributed by atoms with Gasteiger partial charge in [0.25, 0.3) is 0 Å². The van der Waals surface area contributed by atoms with Crippen molar-refractivity contribution in [2.45, 2.75) is 0 Å². The number of nitrogens with one attached hydrogen (secondary N) is 2. The monoisotopic (exact) mass is 412 g/mol. The second-order valence-corrected chi connectivity index (χ2v) is 8.27. The lowest BCUT2D eigenvalue weighted by molar-refractivity contribution is 1.47. The first-order valence-corrected chi connectivity index (χ1v) is 10.5. The molecule has 0 bridgehead atoms. The van der Waals surface area contributed by atoms with Crippen LogP contribution in [0.4, 0.5) is 0 Å². The van der Waals surface area contributed by atoms with Gasteiger partial charge in [0.05, 0.1) is 22.1 Å². The van der Waals surface area contributed by atoms with E-state index >= 15 is 0 Å². The molecule has 7 rings (SSSR count). The Morgan fingerprint density at radius 2 is 0.875 bits per heavy atom. The van der Waals surface area contributed by atoms with Crippen LogP contribution in [-0.2, 0) is 0 Å². The summed E-state index contributed by atoms with van der Waals surface area (Å²) in [5.74, 6) is 0. The molecule has 4 heteroatoms. The average Bonchev–Trinajstić information content (AvgIpc) is 2.83. The van der Waals surface area contributed by atoms with E-state index in [0.717, 1.165) is 32.6 Å². The third kappa shape index (κ3) is 2.21. The molecule has 32 heavy (non-hydrogen) atoms. The van der Waals surface area contributed by atoms with Gasteiger partial charge in [0.15, 0.2) is 10.9 Å². The Balaban J connectivity index is 1.68. The number of aromatic nitrogens is 2. The zero-order chi connectivity index (χ0) is 21.4. The van der Waals surface area contributed by atoms with Gasteiger partial charge in [0.2, 0.25) is 0 Å². The molecule has 0 aliphatic rings. The van der Waals surface area contributed by atoms with Crippen LogP contribution in [0.3, 0.4) is 0 Å². The van der Waals surface area contributed by atoms with Gasteiger partial charge in [0.1, 0.15) is 0 Å². The molecule has 0 aliphatic carbocycles. The summed E-state index contributed by atoms with van der Waals surface area (Å²) in [6.45, 7) is 0. The molecule has 5 aromatic carbocycles. The lowest BCUT2D eigenvalue weighted by Crippen LogP contribution is -2.08. The summed E-state index contributed by atoms with van der Waals surface area (Å²) < 4.78 is 0. The predicted molar refractivity (Wildman–Crippen MR) is 133 cm³/mol. The van der Waals surface area contributed by atoms with E-state index in [1.165, 1.54) is 0 Å². The Morgan fingerprint density at radius 1 is 0.438 bits per heavy atom. The fourth-order valence-electron chi connectivity index (χ4n) is 4.93. The number of fused-ring (bicyclic) bond motifs is 8. The highest BCUT2D eigenvalue weighted by Gasteiger charge is 2.13. The molecule has 4 nitrogen and oxygen atoms in total. The largest absolute Gasteiger partial charge is 0.354 e. The van der Waals surface area contributed by atoms with Crippen molar-refractivity contribution in [1.82, 2.24) is 9.97 Å². The molecule has 2 heterocycles. The molecule has 0 aliphatic heterocycles. The molecular formula is C28H16N2O2. The highest BCUT2D eigenvalue weighted by Crippen LogP contribution is 2.28. The minimum absolute atomic E-state index is 0.0414. The Hall–Kier alpha value is -4.44. The zero-order valence-corrected chi connectivity index (χ0v) is 16.9. The number of rotatable bonds is 0. The third-order valence-corrected chi connectivity index (χ3v) is 6.51. The summed E-state index contributed by atoms with van der Waals surface area (Å²) in [6.07, 6.45) is 0. The van der Waals surface area contributed by atoms with Crippen LogP contribution < -0.4 is 10.9 Å². The minimum Gasteiger partial charge on any atom is -0.354 e. The Bertz CT molecular complexity index is 1880. The highest BCUT2D eigenvalue weighted by molar-refractivity contribution is 6.12.